The normalized spacial score (nSPS) is 13.7. The number of carbonyl (C=O) groups is 2. The lowest BCUT2D eigenvalue weighted by molar-refractivity contribution is -0.161. The van der Waals surface area contributed by atoms with Crippen LogP contribution in [0.25, 0.3) is 0 Å². The van der Waals surface area contributed by atoms with Crippen LogP contribution in [0.2, 0.25) is 0 Å². The monoisotopic (exact) mass is 859 g/mol. The van der Waals surface area contributed by atoms with Crippen molar-refractivity contribution in [2.24, 2.45) is 0 Å². The van der Waals surface area contributed by atoms with Gasteiger partial charge < -0.3 is 24.6 Å². The summed E-state index contributed by atoms with van der Waals surface area (Å²) in [5, 5.41) is 18.4. The van der Waals surface area contributed by atoms with Gasteiger partial charge in [0.2, 0.25) is 0 Å². The third kappa shape index (κ3) is 44.3. The summed E-state index contributed by atoms with van der Waals surface area (Å²) in [6.45, 7) is 3.93. The van der Waals surface area contributed by atoms with Crippen molar-refractivity contribution in [2.45, 2.75) is 244 Å². The van der Waals surface area contributed by atoms with E-state index in [9.17, 15) is 24.2 Å². The van der Waals surface area contributed by atoms with Gasteiger partial charge in [-0.15, -0.1) is 6.58 Å². The number of unbranched alkanes of at least 4 members (excludes halogenated alkanes) is 30. The Kier molecular flexibility index (Phi) is 43.3. The molecule has 0 bridgehead atoms. The van der Waals surface area contributed by atoms with E-state index in [1.807, 2.05) is 6.08 Å². The first-order valence-electron chi connectivity index (χ1n) is 24.3. The Morgan fingerprint density at radius 1 is 0.542 bits per heavy atom. The molecule has 0 spiro atoms. The average molecular weight is 859 g/mol. The zero-order valence-electron chi connectivity index (χ0n) is 37.8. The molecule has 59 heavy (non-hydrogen) atoms. The summed E-state index contributed by atoms with van der Waals surface area (Å²) in [4.78, 5) is 35.1. The highest BCUT2D eigenvalue weighted by atomic mass is 31.2. The average Bonchev–Trinajstić information content (AvgIpc) is 3.22. The second kappa shape index (κ2) is 44.5. The van der Waals surface area contributed by atoms with Crippen LogP contribution in [0.1, 0.15) is 232 Å². The molecular formula is C48H91O10P. The molecule has 1 unspecified atom stereocenters. The summed E-state index contributed by atoms with van der Waals surface area (Å²) < 4.78 is 32.8. The van der Waals surface area contributed by atoms with Crippen LogP contribution >= 0.6 is 7.82 Å². The van der Waals surface area contributed by atoms with E-state index in [4.69, 9.17) is 23.6 Å². The third-order valence-electron chi connectivity index (χ3n) is 10.7. The number of hydrogen-bond acceptors (Lipinski definition) is 9. The summed E-state index contributed by atoms with van der Waals surface area (Å²) in [5.74, 6) is -0.918. The van der Waals surface area contributed by atoms with E-state index in [0.717, 1.165) is 44.9 Å². The van der Waals surface area contributed by atoms with Crippen LogP contribution < -0.4 is 0 Å². The number of carbonyl (C=O) groups excluding carboxylic acids is 2. The predicted octanol–water partition coefficient (Wildman–Crippen LogP) is 13.3. The van der Waals surface area contributed by atoms with Gasteiger partial charge in [-0.2, -0.15) is 0 Å². The lowest BCUT2D eigenvalue weighted by atomic mass is 10.0. The van der Waals surface area contributed by atoms with E-state index in [1.165, 1.54) is 154 Å². The molecule has 3 atom stereocenters. The summed E-state index contributed by atoms with van der Waals surface area (Å²) in [6.07, 6.45) is 44.6. The van der Waals surface area contributed by atoms with Crippen molar-refractivity contribution in [3.05, 3.63) is 24.8 Å². The first-order valence-corrected chi connectivity index (χ1v) is 25.7. The zero-order chi connectivity index (χ0) is 43.3. The number of hydrogen-bond donors (Lipinski definition) is 3. The van der Waals surface area contributed by atoms with E-state index in [2.05, 4.69) is 25.7 Å². The molecule has 0 aliphatic rings. The Hall–Kier alpha value is -1.55. The molecule has 0 heterocycles. The highest BCUT2D eigenvalue weighted by Gasteiger charge is 2.27. The Bertz CT molecular complexity index is 1020. The second-order valence-corrected chi connectivity index (χ2v) is 18.0. The minimum absolute atomic E-state index is 0.186. The molecule has 0 aliphatic carbocycles. The van der Waals surface area contributed by atoms with Gasteiger partial charge in [-0.25, -0.2) is 4.57 Å². The Labute approximate surface area is 361 Å². The maximum atomic E-state index is 12.7. The predicted molar refractivity (Wildman–Crippen MR) is 242 cm³/mol. The molecule has 0 aliphatic heterocycles. The molecule has 0 aromatic rings. The van der Waals surface area contributed by atoms with Gasteiger partial charge in [0.15, 0.2) is 6.10 Å². The molecular weight excluding hydrogens is 767 g/mol. The van der Waals surface area contributed by atoms with E-state index in [1.54, 1.807) is 0 Å². The Balaban J connectivity index is 4.16. The van der Waals surface area contributed by atoms with Crippen LogP contribution in [0.3, 0.4) is 0 Å². The van der Waals surface area contributed by atoms with Crippen molar-refractivity contribution < 1.29 is 47.8 Å². The number of aliphatic hydroxyl groups excluding tert-OH is 2. The maximum Gasteiger partial charge on any atom is 0.472 e. The van der Waals surface area contributed by atoms with Crippen molar-refractivity contribution in [1.82, 2.24) is 0 Å². The van der Waals surface area contributed by atoms with Gasteiger partial charge in [-0.3, -0.25) is 18.6 Å². The number of ether oxygens (including phenoxy) is 2. The van der Waals surface area contributed by atoms with Crippen molar-refractivity contribution in [1.29, 1.82) is 0 Å². The summed E-state index contributed by atoms with van der Waals surface area (Å²) in [5.41, 5.74) is 0. The molecule has 0 aromatic heterocycles. The molecule has 0 aromatic carbocycles. The van der Waals surface area contributed by atoms with Crippen LogP contribution in [-0.4, -0.2) is 65.7 Å². The topological polar surface area (TPSA) is 149 Å². The second-order valence-electron chi connectivity index (χ2n) is 16.6. The number of phosphoric acid groups is 1. The molecule has 0 amide bonds. The van der Waals surface area contributed by atoms with Crippen LogP contribution in [0.5, 0.6) is 0 Å². The Morgan fingerprint density at radius 3 is 1.34 bits per heavy atom. The highest BCUT2D eigenvalue weighted by molar-refractivity contribution is 7.47. The number of rotatable bonds is 47. The van der Waals surface area contributed by atoms with Crippen LogP contribution in [0, 0.1) is 0 Å². The fraction of sp³-hybridized carbons (Fsp3) is 0.875. The van der Waals surface area contributed by atoms with Crippen LogP contribution in [0.4, 0.5) is 0 Å². The third-order valence-corrected chi connectivity index (χ3v) is 11.7. The van der Waals surface area contributed by atoms with E-state index >= 15 is 0 Å². The summed E-state index contributed by atoms with van der Waals surface area (Å²) in [6, 6.07) is 0. The highest BCUT2D eigenvalue weighted by Crippen LogP contribution is 2.43. The van der Waals surface area contributed by atoms with Gasteiger partial charge >= 0.3 is 19.8 Å². The van der Waals surface area contributed by atoms with Gasteiger partial charge in [-0.1, -0.05) is 186 Å². The van der Waals surface area contributed by atoms with Crippen molar-refractivity contribution in [2.75, 3.05) is 26.4 Å². The standard InChI is InChI=1S/C48H91O10P/c1-3-5-7-9-11-13-15-17-19-20-21-22-23-24-26-28-30-32-34-36-38-40-48(52)58-46(44-57-59(53,54)56-42-45(50)41-49)43-55-47(51)39-37-35-33-31-29-27-25-18-16-14-12-10-8-6-4-2/h4,17,19,45-46,49-50H,2-3,5-16,18,20-44H2,1H3,(H,53,54)/b19-17+/t45-,46+/m0/s1. The molecule has 0 radical (unpaired) electrons. The molecule has 3 N–H and O–H groups in total. The maximum absolute atomic E-state index is 12.7. The van der Waals surface area contributed by atoms with Gasteiger partial charge in [0, 0.05) is 12.8 Å². The van der Waals surface area contributed by atoms with Gasteiger partial charge in [-0.05, 0) is 51.4 Å². The molecule has 11 heteroatoms. The zero-order valence-corrected chi connectivity index (χ0v) is 38.7. The van der Waals surface area contributed by atoms with Gasteiger partial charge in [0.1, 0.15) is 12.7 Å². The lowest BCUT2D eigenvalue weighted by Gasteiger charge is -2.20. The van der Waals surface area contributed by atoms with Gasteiger partial charge in [0.05, 0.1) is 19.8 Å². The summed E-state index contributed by atoms with van der Waals surface area (Å²) >= 11 is 0. The van der Waals surface area contributed by atoms with E-state index in [0.29, 0.717) is 12.8 Å². The molecule has 348 valence electrons. The number of phosphoric ester groups is 1. The minimum Gasteiger partial charge on any atom is -0.462 e. The summed E-state index contributed by atoms with van der Waals surface area (Å²) in [7, 11) is -4.62. The van der Waals surface area contributed by atoms with E-state index < -0.39 is 51.8 Å². The first-order chi connectivity index (χ1) is 28.7. The quantitative estimate of drug-likeness (QED) is 0.0234. The first kappa shape index (κ1) is 57.4. The smallest absolute Gasteiger partial charge is 0.462 e. The van der Waals surface area contributed by atoms with Crippen LogP contribution in [-0.2, 0) is 32.7 Å². The lowest BCUT2D eigenvalue weighted by Crippen LogP contribution is -2.29. The number of aliphatic hydroxyl groups is 2. The number of esters is 2. The number of allylic oxidation sites excluding steroid dienone is 3. The van der Waals surface area contributed by atoms with Crippen LogP contribution in [0.15, 0.2) is 24.8 Å². The molecule has 0 rings (SSSR count). The SMILES string of the molecule is C=CCCCCCCCCCCCCCCCC(=O)OC[C@H](COP(=O)(O)OC[C@@H](O)CO)OC(=O)CCCCCCCCCCCCC/C=C/CCCCCCCC. The van der Waals surface area contributed by atoms with E-state index in [-0.39, 0.29) is 19.4 Å². The van der Waals surface area contributed by atoms with Crippen molar-refractivity contribution >= 4 is 19.8 Å². The fourth-order valence-corrected chi connectivity index (χ4v) is 7.76. The van der Waals surface area contributed by atoms with Crippen molar-refractivity contribution in [3.8, 4) is 0 Å². The molecule has 0 saturated carbocycles. The fourth-order valence-electron chi connectivity index (χ4n) is 6.97. The molecule has 0 fully saturated rings. The minimum atomic E-state index is -4.62. The van der Waals surface area contributed by atoms with Gasteiger partial charge in [0.25, 0.3) is 0 Å². The van der Waals surface area contributed by atoms with Crippen molar-refractivity contribution in [3.63, 3.8) is 0 Å². The molecule has 0 saturated heterocycles. The largest absolute Gasteiger partial charge is 0.472 e. The Morgan fingerprint density at radius 2 is 0.915 bits per heavy atom. The molecule has 10 nitrogen and oxygen atoms in total.